The number of rotatable bonds is 2. The molecule has 0 aliphatic carbocycles. The number of hydrogen-bond donors (Lipinski definition) is 2. The highest BCUT2D eigenvalue weighted by Gasteiger charge is 2.12. The van der Waals surface area contributed by atoms with E-state index in [1.54, 1.807) is 18.3 Å². The standard InChI is InChI=1S/C11H9N5O/c12-6-10-15-3-4-16(10)9-5-7(13)1-2-8(9)11(14)17/h1-5H,13H2,(H2,14,17). The minimum absolute atomic E-state index is 0.165. The molecule has 6 nitrogen and oxygen atoms in total. The number of anilines is 1. The zero-order chi connectivity index (χ0) is 12.4. The van der Waals surface area contributed by atoms with Crippen LogP contribution in [0.4, 0.5) is 5.69 Å². The summed E-state index contributed by atoms with van der Waals surface area (Å²) in [6.45, 7) is 0. The number of nitriles is 1. The summed E-state index contributed by atoms with van der Waals surface area (Å²) in [7, 11) is 0. The van der Waals surface area contributed by atoms with Crippen LogP contribution in [0.1, 0.15) is 16.2 Å². The van der Waals surface area contributed by atoms with Crippen LogP contribution >= 0.6 is 0 Å². The van der Waals surface area contributed by atoms with Gasteiger partial charge in [-0.2, -0.15) is 5.26 Å². The Balaban J connectivity index is 2.70. The molecular weight excluding hydrogens is 218 g/mol. The van der Waals surface area contributed by atoms with Gasteiger partial charge in [0.05, 0.1) is 11.3 Å². The van der Waals surface area contributed by atoms with Crippen LogP contribution in [0.15, 0.2) is 30.6 Å². The molecule has 2 rings (SSSR count). The third kappa shape index (κ3) is 1.81. The Morgan fingerprint density at radius 2 is 2.24 bits per heavy atom. The Bertz CT molecular complexity index is 623. The maximum Gasteiger partial charge on any atom is 0.250 e. The molecule has 4 N–H and O–H groups in total. The summed E-state index contributed by atoms with van der Waals surface area (Å²) in [6, 6.07) is 6.59. The molecular formula is C11H9N5O. The molecule has 2 aromatic rings. The molecule has 0 bridgehead atoms. The predicted octanol–water partition coefficient (Wildman–Crippen LogP) is 0.425. The summed E-state index contributed by atoms with van der Waals surface area (Å²) in [5.74, 6) is -0.421. The van der Waals surface area contributed by atoms with Crippen molar-refractivity contribution in [2.24, 2.45) is 5.73 Å². The number of nitrogens with zero attached hydrogens (tertiary/aromatic N) is 3. The van der Waals surface area contributed by atoms with E-state index in [9.17, 15) is 4.79 Å². The first-order chi connectivity index (χ1) is 8.13. The van der Waals surface area contributed by atoms with Gasteiger partial charge in [0.1, 0.15) is 6.07 Å². The molecule has 0 radical (unpaired) electrons. The zero-order valence-corrected chi connectivity index (χ0v) is 8.79. The van der Waals surface area contributed by atoms with Crippen LogP contribution in [-0.4, -0.2) is 15.5 Å². The molecule has 1 amide bonds. The first-order valence-corrected chi connectivity index (χ1v) is 4.76. The van der Waals surface area contributed by atoms with Gasteiger partial charge in [-0.15, -0.1) is 0 Å². The van der Waals surface area contributed by atoms with E-state index in [2.05, 4.69) is 4.98 Å². The SMILES string of the molecule is N#Cc1nccn1-c1cc(N)ccc1C(N)=O. The fourth-order valence-corrected chi connectivity index (χ4v) is 1.54. The van der Waals surface area contributed by atoms with E-state index in [0.29, 0.717) is 11.4 Å². The summed E-state index contributed by atoms with van der Waals surface area (Å²) in [4.78, 5) is 15.1. The van der Waals surface area contributed by atoms with E-state index in [1.165, 1.54) is 16.8 Å². The van der Waals surface area contributed by atoms with Crippen LogP contribution in [0.2, 0.25) is 0 Å². The largest absolute Gasteiger partial charge is 0.399 e. The average Bonchev–Trinajstić information content (AvgIpc) is 2.76. The molecule has 0 atom stereocenters. The van der Waals surface area contributed by atoms with E-state index in [4.69, 9.17) is 16.7 Å². The van der Waals surface area contributed by atoms with Crippen LogP contribution < -0.4 is 11.5 Å². The van der Waals surface area contributed by atoms with Gasteiger partial charge in [-0.05, 0) is 18.2 Å². The Kier molecular flexibility index (Phi) is 2.51. The van der Waals surface area contributed by atoms with Crippen molar-refractivity contribution in [3.8, 4) is 11.8 Å². The van der Waals surface area contributed by atoms with Crippen LogP contribution in [0.25, 0.3) is 5.69 Å². The predicted molar refractivity (Wildman–Crippen MR) is 61.2 cm³/mol. The van der Waals surface area contributed by atoms with Crippen molar-refractivity contribution >= 4 is 11.6 Å². The molecule has 84 valence electrons. The topological polar surface area (TPSA) is 111 Å². The minimum Gasteiger partial charge on any atom is -0.399 e. The Labute approximate surface area is 97.1 Å². The van der Waals surface area contributed by atoms with Gasteiger partial charge in [-0.25, -0.2) is 4.98 Å². The zero-order valence-electron chi connectivity index (χ0n) is 8.79. The number of carbonyl (C=O) groups is 1. The normalized spacial score (nSPS) is 9.82. The minimum atomic E-state index is -0.586. The number of amides is 1. The second-order valence-corrected chi connectivity index (χ2v) is 3.37. The number of hydrogen-bond acceptors (Lipinski definition) is 4. The number of carbonyl (C=O) groups excluding carboxylic acids is 1. The van der Waals surface area contributed by atoms with Crippen LogP contribution in [0, 0.1) is 11.3 Å². The molecule has 1 heterocycles. The lowest BCUT2D eigenvalue weighted by molar-refractivity contribution is 0.100. The first-order valence-electron chi connectivity index (χ1n) is 4.76. The number of imidazole rings is 1. The van der Waals surface area contributed by atoms with Crippen LogP contribution in [-0.2, 0) is 0 Å². The Morgan fingerprint density at radius 3 is 2.88 bits per heavy atom. The lowest BCUT2D eigenvalue weighted by Crippen LogP contribution is -2.15. The summed E-state index contributed by atoms with van der Waals surface area (Å²) in [6.07, 6.45) is 3.03. The van der Waals surface area contributed by atoms with Crippen molar-refractivity contribution in [1.82, 2.24) is 9.55 Å². The molecule has 0 spiro atoms. The molecule has 1 aromatic carbocycles. The molecule has 0 saturated carbocycles. The second kappa shape index (κ2) is 3.98. The maximum atomic E-state index is 11.3. The number of aromatic nitrogens is 2. The van der Waals surface area contributed by atoms with Crippen molar-refractivity contribution in [3.05, 3.63) is 42.0 Å². The van der Waals surface area contributed by atoms with Gasteiger partial charge in [0.15, 0.2) is 0 Å². The van der Waals surface area contributed by atoms with Gasteiger partial charge in [-0.1, -0.05) is 0 Å². The third-order valence-corrected chi connectivity index (χ3v) is 2.29. The molecule has 0 aliphatic heterocycles. The second-order valence-electron chi connectivity index (χ2n) is 3.37. The molecule has 17 heavy (non-hydrogen) atoms. The lowest BCUT2D eigenvalue weighted by Gasteiger charge is -2.09. The van der Waals surface area contributed by atoms with Crippen molar-refractivity contribution in [3.63, 3.8) is 0 Å². The van der Waals surface area contributed by atoms with E-state index < -0.39 is 5.91 Å². The van der Waals surface area contributed by atoms with Crippen molar-refractivity contribution in [2.75, 3.05) is 5.73 Å². The van der Waals surface area contributed by atoms with E-state index in [-0.39, 0.29) is 11.4 Å². The highest BCUT2D eigenvalue weighted by molar-refractivity contribution is 5.97. The fraction of sp³-hybridized carbons (Fsp3) is 0. The van der Waals surface area contributed by atoms with E-state index in [1.807, 2.05) is 6.07 Å². The Hall–Kier alpha value is -2.81. The first kappa shape index (κ1) is 10.7. The lowest BCUT2D eigenvalue weighted by atomic mass is 10.1. The molecule has 0 aliphatic rings. The summed E-state index contributed by atoms with van der Waals surface area (Å²) >= 11 is 0. The maximum absolute atomic E-state index is 11.3. The van der Waals surface area contributed by atoms with E-state index >= 15 is 0 Å². The van der Waals surface area contributed by atoms with Gasteiger partial charge < -0.3 is 11.5 Å². The highest BCUT2D eigenvalue weighted by Crippen LogP contribution is 2.19. The third-order valence-electron chi connectivity index (χ3n) is 2.29. The summed E-state index contributed by atoms with van der Waals surface area (Å²) in [5, 5.41) is 8.89. The fourth-order valence-electron chi connectivity index (χ4n) is 1.54. The van der Waals surface area contributed by atoms with Crippen molar-refractivity contribution in [1.29, 1.82) is 5.26 Å². The van der Waals surface area contributed by atoms with Gasteiger partial charge >= 0.3 is 0 Å². The van der Waals surface area contributed by atoms with Gasteiger partial charge in [0, 0.05) is 18.1 Å². The Morgan fingerprint density at radius 1 is 1.47 bits per heavy atom. The van der Waals surface area contributed by atoms with Crippen LogP contribution in [0.3, 0.4) is 0 Å². The monoisotopic (exact) mass is 227 g/mol. The van der Waals surface area contributed by atoms with Gasteiger partial charge in [0.2, 0.25) is 5.82 Å². The molecule has 6 heteroatoms. The van der Waals surface area contributed by atoms with Gasteiger partial charge in [0.25, 0.3) is 5.91 Å². The average molecular weight is 227 g/mol. The molecule has 0 saturated heterocycles. The number of benzene rings is 1. The highest BCUT2D eigenvalue weighted by atomic mass is 16.1. The molecule has 0 fully saturated rings. The molecule has 0 unspecified atom stereocenters. The quantitative estimate of drug-likeness (QED) is 0.724. The number of nitrogens with two attached hydrogens (primary N) is 2. The molecule has 1 aromatic heterocycles. The van der Waals surface area contributed by atoms with Crippen LogP contribution in [0.5, 0.6) is 0 Å². The van der Waals surface area contributed by atoms with Crippen molar-refractivity contribution < 1.29 is 4.79 Å². The smallest absolute Gasteiger partial charge is 0.250 e. The van der Waals surface area contributed by atoms with Crippen molar-refractivity contribution in [2.45, 2.75) is 0 Å². The summed E-state index contributed by atoms with van der Waals surface area (Å²) in [5.41, 5.74) is 12.1. The number of nitrogen functional groups attached to an aromatic ring is 1. The van der Waals surface area contributed by atoms with Gasteiger partial charge in [-0.3, -0.25) is 9.36 Å². The number of primary amides is 1. The van der Waals surface area contributed by atoms with E-state index in [0.717, 1.165) is 0 Å². The summed E-state index contributed by atoms with van der Waals surface area (Å²) < 4.78 is 1.47.